The van der Waals surface area contributed by atoms with Crippen LogP contribution >= 0.6 is 0 Å². The smallest absolute Gasteiger partial charge is 0.240 e. The van der Waals surface area contributed by atoms with E-state index < -0.39 is 10.0 Å². The molecule has 2 heterocycles. The van der Waals surface area contributed by atoms with Gasteiger partial charge in [-0.2, -0.15) is 5.10 Å². The first-order valence-corrected chi connectivity index (χ1v) is 9.71. The molecule has 1 aromatic heterocycles. The van der Waals surface area contributed by atoms with Gasteiger partial charge in [0.05, 0.1) is 4.90 Å². The maximum atomic E-state index is 12.2. The lowest BCUT2D eigenvalue weighted by Gasteiger charge is -2.32. The number of piperidine rings is 1. The summed E-state index contributed by atoms with van der Waals surface area (Å²) in [5.74, 6) is 0.534. The van der Waals surface area contributed by atoms with E-state index in [0.29, 0.717) is 17.4 Å². The molecule has 0 unspecified atom stereocenters. The van der Waals surface area contributed by atoms with E-state index in [4.69, 9.17) is 0 Å². The Kier molecular flexibility index (Phi) is 5.60. The number of hydrogen-bond donors (Lipinski definition) is 1. The molecule has 0 aliphatic carbocycles. The lowest BCUT2D eigenvalue weighted by Crippen LogP contribution is -2.41. The van der Waals surface area contributed by atoms with Crippen LogP contribution in [0, 0.1) is 5.92 Å². The van der Waals surface area contributed by atoms with Gasteiger partial charge in [0.15, 0.2) is 0 Å². The Hall–Kier alpha value is -1.77. The minimum Gasteiger partial charge on any atom is -0.302 e. The summed E-state index contributed by atoms with van der Waals surface area (Å²) in [5, 5.41) is 4.16. The highest BCUT2D eigenvalue weighted by atomic mass is 32.2. The third-order valence-corrected chi connectivity index (χ3v) is 5.77. The molecule has 7 nitrogen and oxygen atoms in total. The molecular formula is C16H23N5O2S. The van der Waals surface area contributed by atoms with E-state index in [1.165, 1.54) is 6.42 Å². The SMILES string of the molecule is O=S(=O)(NCCN1CCC[C@@H](Cn2cncn2)C1)c1ccccc1. The molecule has 0 radical (unpaired) electrons. The first-order chi connectivity index (χ1) is 11.6. The van der Waals surface area contributed by atoms with Crippen molar-refractivity contribution in [2.75, 3.05) is 26.2 Å². The molecule has 1 N–H and O–H groups in total. The quantitative estimate of drug-likeness (QED) is 0.806. The van der Waals surface area contributed by atoms with E-state index in [2.05, 4.69) is 19.7 Å². The van der Waals surface area contributed by atoms with Crippen molar-refractivity contribution in [3.8, 4) is 0 Å². The third kappa shape index (κ3) is 4.62. The minimum atomic E-state index is -3.41. The second-order valence-electron chi connectivity index (χ2n) is 6.14. The monoisotopic (exact) mass is 349 g/mol. The van der Waals surface area contributed by atoms with Gasteiger partial charge in [-0.15, -0.1) is 0 Å². The molecular weight excluding hydrogens is 326 g/mol. The van der Waals surface area contributed by atoms with Gasteiger partial charge in [-0.3, -0.25) is 4.68 Å². The molecule has 1 saturated heterocycles. The van der Waals surface area contributed by atoms with Crippen molar-refractivity contribution in [2.24, 2.45) is 5.92 Å². The van der Waals surface area contributed by atoms with Crippen molar-refractivity contribution in [2.45, 2.75) is 24.3 Å². The Labute approximate surface area is 142 Å². The summed E-state index contributed by atoms with van der Waals surface area (Å²) in [6, 6.07) is 8.48. The summed E-state index contributed by atoms with van der Waals surface area (Å²) in [6.07, 6.45) is 5.60. The van der Waals surface area contributed by atoms with Crippen LogP contribution in [0.3, 0.4) is 0 Å². The summed E-state index contributed by atoms with van der Waals surface area (Å²) in [6.45, 7) is 3.99. The van der Waals surface area contributed by atoms with E-state index in [0.717, 1.165) is 32.6 Å². The zero-order chi connectivity index (χ0) is 16.8. The van der Waals surface area contributed by atoms with Gasteiger partial charge in [0, 0.05) is 26.2 Å². The van der Waals surface area contributed by atoms with Crippen LogP contribution in [0.15, 0.2) is 47.9 Å². The van der Waals surface area contributed by atoms with Crippen molar-refractivity contribution in [1.82, 2.24) is 24.4 Å². The average molecular weight is 349 g/mol. The highest BCUT2D eigenvalue weighted by Gasteiger charge is 2.21. The highest BCUT2D eigenvalue weighted by Crippen LogP contribution is 2.17. The van der Waals surface area contributed by atoms with E-state index >= 15 is 0 Å². The average Bonchev–Trinajstić information content (AvgIpc) is 3.09. The van der Waals surface area contributed by atoms with Crippen molar-refractivity contribution in [1.29, 1.82) is 0 Å². The summed E-state index contributed by atoms with van der Waals surface area (Å²) in [4.78, 5) is 6.60. The van der Waals surface area contributed by atoms with Gasteiger partial charge < -0.3 is 4.90 Å². The van der Waals surface area contributed by atoms with Crippen molar-refractivity contribution in [3.63, 3.8) is 0 Å². The Morgan fingerprint density at radius 1 is 1.25 bits per heavy atom. The number of rotatable bonds is 7. The first-order valence-electron chi connectivity index (χ1n) is 8.23. The van der Waals surface area contributed by atoms with Crippen molar-refractivity contribution < 1.29 is 8.42 Å². The Morgan fingerprint density at radius 3 is 2.83 bits per heavy atom. The lowest BCUT2D eigenvalue weighted by atomic mass is 9.98. The summed E-state index contributed by atoms with van der Waals surface area (Å²) in [7, 11) is -3.41. The van der Waals surface area contributed by atoms with Crippen LogP contribution in [-0.4, -0.2) is 54.3 Å². The van der Waals surface area contributed by atoms with E-state index in [1.807, 2.05) is 10.7 Å². The van der Waals surface area contributed by atoms with Gasteiger partial charge in [0.1, 0.15) is 12.7 Å². The number of nitrogens with zero attached hydrogens (tertiary/aromatic N) is 4. The van der Waals surface area contributed by atoms with E-state index in [1.54, 1.807) is 36.9 Å². The molecule has 0 spiro atoms. The first kappa shape index (κ1) is 17.1. The third-order valence-electron chi connectivity index (χ3n) is 4.29. The second-order valence-corrected chi connectivity index (χ2v) is 7.90. The molecule has 1 atom stereocenters. The number of hydrogen-bond acceptors (Lipinski definition) is 5. The van der Waals surface area contributed by atoms with E-state index in [-0.39, 0.29) is 0 Å². The van der Waals surface area contributed by atoms with Gasteiger partial charge in [-0.05, 0) is 37.4 Å². The van der Waals surface area contributed by atoms with Crippen LogP contribution < -0.4 is 4.72 Å². The van der Waals surface area contributed by atoms with Crippen molar-refractivity contribution >= 4 is 10.0 Å². The fraction of sp³-hybridized carbons (Fsp3) is 0.500. The molecule has 1 aliphatic heterocycles. The lowest BCUT2D eigenvalue weighted by molar-refractivity contribution is 0.162. The Morgan fingerprint density at radius 2 is 2.08 bits per heavy atom. The number of nitrogens with one attached hydrogen (secondary N) is 1. The van der Waals surface area contributed by atoms with Crippen LogP contribution in [0.4, 0.5) is 0 Å². The topological polar surface area (TPSA) is 80.1 Å². The summed E-state index contributed by atoms with van der Waals surface area (Å²) >= 11 is 0. The van der Waals surface area contributed by atoms with Crippen LogP contribution in [0.2, 0.25) is 0 Å². The molecule has 24 heavy (non-hydrogen) atoms. The zero-order valence-electron chi connectivity index (χ0n) is 13.6. The standard InChI is InChI=1S/C16H23N5O2S/c22-24(23,16-6-2-1-3-7-16)19-8-10-20-9-4-5-15(11-20)12-21-14-17-13-18-21/h1-3,6-7,13-15,19H,4-5,8-12H2/t15-/m1/s1. The Bertz CT molecular complexity index is 718. The maximum Gasteiger partial charge on any atom is 0.240 e. The number of aromatic nitrogens is 3. The molecule has 8 heteroatoms. The second kappa shape index (κ2) is 7.87. The van der Waals surface area contributed by atoms with Gasteiger partial charge >= 0.3 is 0 Å². The normalized spacial score (nSPS) is 19.4. The van der Waals surface area contributed by atoms with Crippen LogP contribution in [0.25, 0.3) is 0 Å². The van der Waals surface area contributed by atoms with Gasteiger partial charge in [0.2, 0.25) is 10.0 Å². The van der Waals surface area contributed by atoms with Crippen molar-refractivity contribution in [3.05, 3.63) is 43.0 Å². The van der Waals surface area contributed by atoms with Crippen LogP contribution in [0.1, 0.15) is 12.8 Å². The summed E-state index contributed by atoms with van der Waals surface area (Å²) < 4.78 is 29.0. The maximum absolute atomic E-state index is 12.2. The number of sulfonamides is 1. The highest BCUT2D eigenvalue weighted by molar-refractivity contribution is 7.89. The van der Waals surface area contributed by atoms with Crippen LogP contribution in [0.5, 0.6) is 0 Å². The fourth-order valence-electron chi connectivity index (χ4n) is 3.12. The van der Waals surface area contributed by atoms with Gasteiger partial charge in [-0.25, -0.2) is 18.1 Å². The molecule has 1 aliphatic rings. The van der Waals surface area contributed by atoms with E-state index in [9.17, 15) is 8.42 Å². The minimum absolute atomic E-state index is 0.313. The zero-order valence-corrected chi connectivity index (χ0v) is 14.4. The molecule has 0 amide bonds. The van der Waals surface area contributed by atoms with Crippen LogP contribution in [-0.2, 0) is 16.6 Å². The molecule has 0 saturated carbocycles. The molecule has 1 fully saturated rings. The largest absolute Gasteiger partial charge is 0.302 e. The number of likely N-dealkylation sites (tertiary alicyclic amines) is 1. The predicted octanol–water partition coefficient (Wildman–Crippen LogP) is 0.969. The molecule has 0 bridgehead atoms. The predicted molar refractivity (Wildman–Crippen MR) is 90.8 cm³/mol. The number of benzene rings is 1. The van der Waals surface area contributed by atoms with Gasteiger partial charge in [-0.1, -0.05) is 18.2 Å². The van der Waals surface area contributed by atoms with Gasteiger partial charge in [0.25, 0.3) is 0 Å². The molecule has 1 aromatic carbocycles. The molecule has 130 valence electrons. The Balaban J connectivity index is 1.46. The summed E-state index contributed by atoms with van der Waals surface area (Å²) in [5.41, 5.74) is 0. The fourth-order valence-corrected chi connectivity index (χ4v) is 4.16. The molecule has 2 aromatic rings. The molecule has 3 rings (SSSR count).